The van der Waals surface area contributed by atoms with Crippen molar-refractivity contribution in [2.24, 2.45) is 0 Å². The van der Waals surface area contributed by atoms with Gasteiger partial charge in [-0.25, -0.2) is 4.39 Å². The minimum absolute atomic E-state index is 0.141. The van der Waals surface area contributed by atoms with Crippen molar-refractivity contribution >= 4 is 23.2 Å². The first-order valence-electron chi connectivity index (χ1n) is 7.61. The lowest BCUT2D eigenvalue weighted by molar-refractivity contribution is -0.121. The molecule has 0 saturated carbocycles. The average molecular weight is 333 g/mol. The van der Waals surface area contributed by atoms with Gasteiger partial charge in [0.15, 0.2) is 0 Å². The van der Waals surface area contributed by atoms with Crippen molar-refractivity contribution in [3.63, 3.8) is 0 Å². The summed E-state index contributed by atoms with van der Waals surface area (Å²) in [5, 5.41) is 2.98. The van der Waals surface area contributed by atoms with E-state index in [2.05, 4.69) is 22.3 Å². The number of halogens is 2. The van der Waals surface area contributed by atoms with Gasteiger partial charge in [0.2, 0.25) is 5.91 Å². The van der Waals surface area contributed by atoms with Crippen molar-refractivity contribution in [2.75, 3.05) is 11.9 Å². The first kappa shape index (κ1) is 16.0. The van der Waals surface area contributed by atoms with Gasteiger partial charge in [-0.15, -0.1) is 0 Å². The fraction of sp³-hybridized carbons (Fsp3) is 0.278. The van der Waals surface area contributed by atoms with Crippen LogP contribution in [0.2, 0.25) is 5.02 Å². The van der Waals surface area contributed by atoms with Crippen LogP contribution in [0.1, 0.15) is 18.1 Å². The minimum atomic E-state index is -0.423. The molecule has 1 atom stereocenters. The van der Waals surface area contributed by atoms with E-state index in [1.807, 2.05) is 19.1 Å². The van der Waals surface area contributed by atoms with E-state index in [9.17, 15) is 9.18 Å². The number of carbonyl (C=O) groups is 1. The number of hydrogen-bond acceptors (Lipinski definition) is 2. The normalized spacial score (nSPS) is 15.8. The molecule has 0 radical (unpaired) electrons. The standard InChI is InChI=1S/C18H18ClFN2O/c1-12(18(23)21-17-7-6-15(20)10-16(17)19)22-9-8-13-4-2-3-5-14(13)11-22/h2-7,10,12H,8-9,11H2,1H3,(H,21,23)/t12-/m1/s1. The Hall–Kier alpha value is -1.91. The summed E-state index contributed by atoms with van der Waals surface area (Å²) < 4.78 is 13.1. The summed E-state index contributed by atoms with van der Waals surface area (Å²) in [5.74, 6) is -0.563. The first-order valence-corrected chi connectivity index (χ1v) is 7.99. The maximum atomic E-state index is 13.1. The van der Waals surface area contributed by atoms with Crippen molar-refractivity contribution < 1.29 is 9.18 Å². The fourth-order valence-electron chi connectivity index (χ4n) is 2.84. The highest BCUT2D eigenvalue weighted by molar-refractivity contribution is 6.33. The van der Waals surface area contributed by atoms with Gasteiger partial charge in [-0.3, -0.25) is 9.69 Å². The molecule has 0 saturated heterocycles. The maximum absolute atomic E-state index is 13.1. The van der Waals surface area contributed by atoms with Crippen molar-refractivity contribution in [2.45, 2.75) is 25.9 Å². The van der Waals surface area contributed by atoms with Gasteiger partial charge in [-0.1, -0.05) is 35.9 Å². The topological polar surface area (TPSA) is 32.3 Å². The van der Waals surface area contributed by atoms with Crippen molar-refractivity contribution in [3.8, 4) is 0 Å². The van der Waals surface area contributed by atoms with Crippen LogP contribution < -0.4 is 5.32 Å². The summed E-state index contributed by atoms with van der Waals surface area (Å²) in [6.45, 7) is 3.46. The molecule has 1 heterocycles. The van der Waals surface area contributed by atoms with Crippen LogP contribution in [0, 0.1) is 5.82 Å². The molecular formula is C18H18ClFN2O. The van der Waals surface area contributed by atoms with Crippen LogP contribution in [0.3, 0.4) is 0 Å². The second-order valence-corrected chi connectivity index (χ2v) is 6.19. The Morgan fingerprint density at radius 2 is 2.00 bits per heavy atom. The summed E-state index contributed by atoms with van der Waals surface area (Å²) in [6.07, 6.45) is 0.936. The number of carbonyl (C=O) groups excluding carboxylic acids is 1. The molecule has 1 aliphatic rings. The van der Waals surface area contributed by atoms with Crippen molar-refractivity contribution in [1.29, 1.82) is 0 Å². The zero-order chi connectivity index (χ0) is 16.4. The van der Waals surface area contributed by atoms with Crippen LogP contribution in [0.25, 0.3) is 0 Å². The Bertz CT molecular complexity index is 735. The van der Waals surface area contributed by atoms with Crippen LogP contribution >= 0.6 is 11.6 Å². The van der Waals surface area contributed by atoms with Gasteiger partial charge in [-0.05, 0) is 42.7 Å². The molecule has 0 aliphatic carbocycles. The predicted molar refractivity (Wildman–Crippen MR) is 90.1 cm³/mol. The van der Waals surface area contributed by atoms with E-state index in [-0.39, 0.29) is 17.0 Å². The number of anilines is 1. The zero-order valence-electron chi connectivity index (χ0n) is 12.9. The quantitative estimate of drug-likeness (QED) is 0.925. The van der Waals surface area contributed by atoms with E-state index in [0.29, 0.717) is 5.69 Å². The molecule has 0 bridgehead atoms. The third-order valence-electron chi connectivity index (χ3n) is 4.28. The number of fused-ring (bicyclic) bond motifs is 1. The zero-order valence-corrected chi connectivity index (χ0v) is 13.6. The SMILES string of the molecule is C[C@H](C(=O)Nc1ccc(F)cc1Cl)N1CCc2ccccc2C1. The van der Waals surface area contributed by atoms with Gasteiger partial charge >= 0.3 is 0 Å². The second-order valence-electron chi connectivity index (χ2n) is 5.78. The molecule has 3 rings (SSSR count). The molecule has 2 aromatic rings. The lowest BCUT2D eigenvalue weighted by atomic mass is 9.99. The van der Waals surface area contributed by atoms with Crippen LogP contribution in [0.4, 0.5) is 10.1 Å². The number of nitrogens with zero attached hydrogens (tertiary/aromatic N) is 1. The second kappa shape index (κ2) is 6.69. The Labute approximate surface area is 140 Å². The lowest BCUT2D eigenvalue weighted by Gasteiger charge is -2.32. The van der Waals surface area contributed by atoms with Gasteiger partial charge in [0.25, 0.3) is 0 Å². The molecule has 0 aromatic heterocycles. The molecular weight excluding hydrogens is 315 g/mol. The van der Waals surface area contributed by atoms with Crippen LogP contribution in [0.5, 0.6) is 0 Å². The number of rotatable bonds is 3. The molecule has 3 nitrogen and oxygen atoms in total. The molecule has 1 amide bonds. The summed E-state index contributed by atoms with van der Waals surface area (Å²) in [5.41, 5.74) is 3.04. The Morgan fingerprint density at radius 1 is 1.26 bits per heavy atom. The van der Waals surface area contributed by atoms with Gasteiger partial charge in [0.1, 0.15) is 5.82 Å². The smallest absolute Gasteiger partial charge is 0.241 e. The molecule has 2 aromatic carbocycles. The highest BCUT2D eigenvalue weighted by Gasteiger charge is 2.25. The van der Waals surface area contributed by atoms with Gasteiger partial charge in [0, 0.05) is 13.1 Å². The number of amides is 1. The van der Waals surface area contributed by atoms with Crippen molar-refractivity contribution in [3.05, 3.63) is 64.4 Å². The highest BCUT2D eigenvalue weighted by atomic mass is 35.5. The predicted octanol–water partition coefficient (Wildman–Crippen LogP) is 3.86. The molecule has 0 fully saturated rings. The van der Waals surface area contributed by atoms with Gasteiger partial charge in [0.05, 0.1) is 16.8 Å². The summed E-state index contributed by atoms with van der Waals surface area (Å²) in [4.78, 5) is 14.6. The monoisotopic (exact) mass is 332 g/mol. The number of hydrogen-bond donors (Lipinski definition) is 1. The van der Waals surface area contributed by atoms with Gasteiger partial charge in [-0.2, -0.15) is 0 Å². The van der Waals surface area contributed by atoms with Crippen LogP contribution in [0.15, 0.2) is 42.5 Å². The van der Waals surface area contributed by atoms with E-state index in [1.54, 1.807) is 0 Å². The van der Waals surface area contributed by atoms with E-state index < -0.39 is 5.82 Å². The van der Waals surface area contributed by atoms with E-state index in [1.165, 1.54) is 29.3 Å². The van der Waals surface area contributed by atoms with Crippen LogP contribution in [-0.4, -0.2) is 23.4 Å². The molecule has 0 unspecified atom stereocenters. The molecule has 120 valence electrons. The largest absolute Gasteiger partial charge is 0.323 e. The Morgan fingerprint density at radius 3 is 2.74 bits per heavy atom. The molecule has 23 heavy (non-hydrogen) atoms. The van der Waals surface area contributed by atoms with E-state index in [4.69, 9.17) is 11.6 Å². The third-order valence-corrected chi connectivity index (χ3v) is 4.59. The lowest BCUT2D eigenvalue weighted by Crippen LogP contribution is -2.44. The van der Waals surface area contributed by atoms with Gasteiger partial charge < -0.3 is 5.32 Å². The van der Waals surface area contributed by atoms with Crippen LogP contribution in [-0.2, 0) is 17.8 Å². The molecule has 1 aliphatic heterocycles. The van der Waals surface area contributed by atoms with E-state index in [0.717, 1.165) is 19.5 Å². The number of benzene rings is 2. The third kappa shape index (κ3) is 3.54. The molecule has 0 spiro atoms. The first-order chi connectivity index (χ1) is 11.0. The summed E-state index contributed by atoms with van der Waals surface area (Å²) in [7, 11) is 0. The minimum Gasteiger partial charge on any atom is -0.323 e. The average Bonchev–Trinajstić information content (AvgIpc) is 2.56. The Kier molecular flexibility index (Phi) is 4.64. The summed E-state index contributed by atoms with van der Waals surface area (Å²) >= 11 is 5.96. The maximum Gasteiger partial charge on any atom is 0.241 e. The summed E-state index contributed by atoms with van der Waals surface area (Å²) in [6, 6.07) is 12.0. The Balaban J connectivity index is 1.68. The van der Waals surface area contributed by atoms with Crippen molar-refractivity contribution in [1.82, 2.24) is 4.90 Å². The van der Waals surface area contributed by atoms with E-state index >= 15 is 0 Å². The molecule has 1 N–H and O–H groups in total. The highest BCUT2D eigenvalue weighted by Crippen LogP contribution is 2.24. The fourth-order valence-corrected chi connectivity index (χ4v) is 3.06. The number of nitrogens with one attached hydrogen (secondary N) is 1. The molecule has 5 heteroatoms.